The first-order chi connectivity index (χ1) is 27.5. The van der Waals surface area contributed by atoms with Gasteiger partial charge in [0.05, 0.1) is 6.61 Å². The third kappa shape index (κ3) is 13.2. The van der Waals surface area contributed by atoms with Crippen LogP contribution in [0.4, 0.5) is 4.79 Å². The average Bonchev–Trinajstić information content (AvgIpc) is 3.23. The molecule has 0 saturated heterocycles. The molecule has 4 aromatic rings. The van der Waals surface area contributed by atoms with Crippen LogP contribution in [-0.2, 0) is 40.8 Å². The Hall–Kier alpha value is -6.23. The Morgan fingerprint density at radius 3 is 1.65 bits per heavy atom. The minimum absolute atomic E-state index is 0.0268. The van der Waals surface area contributed by atoms with Gasteiger partial charge in [0.15, 0.2) is 0 Å². The lowest BCUT2D eigenvalue weighted by Crippen LogP contribution is -2.55. The standard InChI is InChI=1S/C46H54N4O7/c1-5-39(48-44(54)40(31-33(3)4)49-45(55)57-32-34-19-11-7-12-20-34)43(53)47-38(28-30-42(52)56-6-2)27-29-41(51)50-46(35-21-13-8-14-22-35,36-23-15-9-16-24-36)37-25-17-10-18-26-37/h7-26,28,30,33,38-40H,5-6,27,29,31-32H2,1-4H3,(H,47,53)(H,48,54)(H,49,55)(H,50,51)/b30-28+/t38-,39-,40-/m0/s1. The number of carbonyl (C=O) groups excluding carboxylic acids is 5. The van der Waals surface area contributed by atoms with Crippen LogP contribution < -0.4 is 21.3 Å². The van der Waals surface area contributed by atoms with Gasteiger partial charge < -0.3 is 30.7 Å². The Morgan fingerprint density at radius 2 is 1.16 bits per heavy atom. The zero-order chi connectivity index (χ0) is 41.0. The molecule has 0 radical (unpaired) electrons. The molecule has 0 heterocycles. The molecule has 4 rings (SSSR count). The maximum absolute atomic E-state index is 14.1. The van der Waals surface area contributed by atoms with E-state index in [2.05, 4.69) is 21.3 Å². The van der Waals surface area contributed by atoms with Crippen molar-refractivity contribution in [1.29, 1.82) is 0 Å². The molecule has 0 bridgehead atoms. The lowest BCUT2D eigenvalue weighted by molar-refractivity contribution is -0.137. The number of nitrogens with one attached hydrogen (secondary N) is 4. The van der Waals surface area contributed by atoms with E-state index < -0.39 is 47.5 Å². The molecule has 57 heavy (non-hydrogen) atoms. The number of ether oxygens (including phenoxy) is 2. The second kappa shape index (κ2) is 22.4. The van der Waals surface area contributed by atoms with Gasteiger partial charge in [0.25, 0.3) is 0 Å². The Kier molecular flexibility index (Phi) is 17.1. The van der Waals surface area contributed by atoms with Crippen molar-refractivity contribution in [2.75, 3.05) is 6.61 Å². The van der Waals surface area contributed by atoms with Gasteiger partial charge in [0.2, 0.25) is 17.7 Å². The van der Waals surface area contributed by atoms with Crippen molar-refractivity contribution in [3.63, 3.8) is 0 Å². The van der Waals surface area contributed by atoms with Gasteiger partial charge >= 0.3 is 12.1 Å². The topological polar surface area (TPSA) is 152 Å². The summed E-state index contributed by atoms with van der Waals surface area (Å²) in [6.07, 6.45) is 2.59. The molecule has 300 valence electrons. The Morgan fingerprint density at radius 1 is 0.649 bits per heavy atom. The fourth-order valence-corrected chi connectivity index (χ4v) is 6.46. The minimum atomic E-state index is -1.04. The summed E-state index contributed by atoms with van der Waals surface area (Å²) >= 11 is 0. The molecule has 0 aliphatic carbocycles. The fraction of sp³-hybridized carbons (Fsp3) is 0.326. The van der Waals surface area contributed by atoms with Crippen LogP contribution in [0.5, 0.6) is 0 Å². The molecule has 11 heteroatoms. The van der Waals surface area contributed by atoms with Crippen LogP contribution in [-0.4, -0.2) is 54.5 Å². The zero-order valence-electron chi connectivity index (χ0n) is 33.1. The van der Waals surface area contributed by atoms with Gasteiger partial charge in [0, 0.05) is 18.5 Å². The van der Waals surface area contributed by atoms with Crippen LogP contribution in [0.15, 0.2) is 133 Å². The molecule has 3 atom stereocenters. The normalized spacial score (nSPS) is 12.9. The molecule has 0 unspecified atom stereocenters. The van der Waals surface area contributed by atoms with Crippen molar-refractivity contribution in [3.05, 3.63) is 156 Å². The first kappa shape index (κ1) is 43.5. The van der Waals surface area contributed by atoms with E-state index in [0.717, 1.165) is 22.3 Å². The molecule has 4 aromatic carbocycles. The second-order valence-corrected chi connectivity index (χ2v) is 14.0. The van der Waals surface area contributed by atoms with E-state index in [1.54, 1.807) is 13.8 Å². The summed E-state index contributed by atoms with van der Waals surface area (Å²) in [7, 11) is 0. The molecule has 11 nitrogen and oxygen atoms in total. The van der Waals surface area contributed by atoms with Crippen molar-refractivity contribution in [2.45, 2.75) is 83.6 Å². The lowest BCUT2D eigenvalue weighted by atomic mass is 9.77. The van der Waals surface area contributed by atoms with Crippen LogP contribution in [0, 0.1) is 5.92 Å². The van der Waals surface area contributed by atoms with E-state index in [1.807, 2.05) is 135 Å². The van der Waals surface area contributed by atoms with Crippen LogP contribution in [0.3, 0.4) is 0 Å². The Labute approximate surface area is 335 Å². The molecule has 4 N–H and O–H groups in total. The molecule has 0 saturated carbocycles. The maximum Gasteiger partial charge on any atom is 0.408 e. The molecule has 0 fully saturated rings. The average molecular weight is 775 g/mol. The third-order valence-corrected chi connectivity index (χ3v) is 9.28. The summed E-state index contributed by atoms with van der Waals surface area (Å²) in [5.74, 6) is -1.92. The number of alkyl carbamates (subject to hydrolysis) is 1. The van der Waals surface area contributed by atoms with Gasteiger partial charge in [-0.25, -0.2) is 9.59 Å². The minimum Gasteiger partial charge on any atom is -0.463 e. The molecule has 0 spiro atoms. The summed E-state index contributed by atoms with van der Waals surface area (Å²) in [6, 6.07) is 35.6. The number of hydrogen-bond donors (Lipinski definition) is 4. The number of carbonyl (C=O) groups is 5. The van der Waals surface area contributed by atoms with Crippen LogP contribution in [0.2, 0.25) is 0 Å². The summed E-state index contributed by atoms with van der Waals surface area (Å²) < 4.78 is 10.4. The summed E-state index contributed by atoms with van der Waals surface area (Å²) in [4.78, 5) is 66.4. The lowest BCUT2D eigenvalue weighted by Gasteiger charge is -2.37. The molecule has 0 aromatic heterocycles. The smallest absolute Gasteiger partial charge is 0.408 e. The highest BCUT2D eigenvalue weighted by Gasteiger charge is 2.38. The van der Waals surface area contributed by atoms with E-state index in [1.165, 1.54) is 12.2 Å². The fourth-order valence-electron chi connectivity index (χ4n) is 6.46. The number of amides is 4. The van der Waals surface area contributed by atoms with Gasteiger partial charge in [-0.2, -0.15) is 0 Å². The second-order valence-electron chi connectivity index (χ2n) is 14.0. The van der Waals surface area contributed by atoms with Gasteiger partial charge in [-0.15, -0.1) is 0 Å². The maximum atomic E-state index is 14.1. The highest BCUT2D eigenvalue weighted by Crippen LogP contribution is 2.37. The first-order valence-electron chi connectivity index (χ1n) is 19.5. The summed E-state index contributed by atoms with van der Waals surface area (Å²) in [5.41, 5.74) is 2.34. The number of benzene rings is 4. The monoisotopic (exact) mass is 774 g/mol. The SMILES string of the molecule is CCOC(=O)/C=C/[C@H](CCC(=O)NC(c1ccccc1)(c1ccccc1)c1ccccc1)NC(=O)[C@H](CC)NC(=O)[C@H](CC(C)C)NC(=O)OCc1ccccc1. The number of esters is 1. The van der Waals surface area contributed by atoms with Crippen molar-refractivity contribution in [1.82, 2.24) is 21.3 Å². The van der Waals surface area contributed by atoms with Gasteiger partial charge in [-0.3, -0.25) is 14.4 Å². The largest absolute Gasteiger partial charge is 0.463 e. The van der Waals surface area contributed by atoms with Gasteiger partial charge in [0.1, 0.15) is 24.2 Å². The van der Waals surface area contributed by atoms with Crippen molar-refractivity contribution in [3.8, 4) is 0 Å². The molecule has 0 aliphatic rings. The first-order valence-corrected chi connectivity index (χ1v) is 19.5. The van der Waals surface area contributed by atoms with Crippen molar-refractivity contribution < 1.29 is 33.4 Å². The summed E-state index contributed by atoms with van der Waals surface area (Å²) in [6.45, 7) is 7.47. The molecular formula is C46H54N4O7. The quantitative estimate of drug-likeness (QED) is 0.0443. The van der Waals surface area contributed by atoms with Crippen LogP contribution >= 0.6 is 0 Å². The number of rotatable bonds is 20. The Bertz CT molecular complexity index is 1810. The molecular weight excluding hydrogens is 721 g/mol. The predicted octanol–water partition coefficient (Wildman–Crippen LogP) is 6.71. The van der Waals surface area contributed by atoms with Crippen molar-refractivity contribution >= 4 is 29.8 Å². The van der Waals surface area contributed by atoms with E-state index in [0.29, 0.717) is 6.42 Å². The predicted molar refractivity (Wildman–Crippen MR) is 220 cm³/mol. The molecule has 4 amide bonds. The highest BCUT2D eigenvalue weighted by atomic mass is 16.5. The van der Waals surface area contributed by atoms with Crippen LogP contribution in [0.25, 0.3) is 0 Å². The van der Waals surface area contributed by atoms with Crippen molar-refractivity contribution in [2.24, 2.45) is 5.92 Å². The zero-order valence-corrected chi connectivity index (χ0v) is 33.1. The Balaban J connectivity index is 1.50. The highest BCUT2D eigenvalue weighted by molar-refractivity contribution is 5.91. The van der Waals surface area contributed by atoms with Gasteiger partial charge in [-0.05, 0) is 54.4 Å². The van der Waals surface area contributed by atoms with Gasteiger partial charge in [-0.1, -0.05) is 148 Å². The number of hydrogen-bond acceptors (Lipinski definition) is 7. The third-order valence-electron chi connectivity index (χ3n) is 9.28. The van der Waals surface area contributed by atoms with E-state index in [4.69, 9.17) is 9.47 Å². The van der Waals surface area contributed by atoms with Crippen LogP contribution in [0.1, 0.15) is 75.6 Å². The van der Waals surface area contributed by atoms with E-state index in [9.17, 15) is 24.0 Å². The van der Waals surface area contributed by atoms with E-state index in [-0.39, 0.29) is 44.3 Å². The molecule has 0 aliphatic heterocycles. The van der Waals surface area contributed by atoms with E-state index >= 15 is 0 Å². The summed E-state index contributed by atoms with van der Waals surface area (Å²) in [5, 5.41) is 11.7.